The molecule has 0 aliphatic carbocycles. The van der Waals surface area contributed by atoms with Crippen LogP contribution in [0.2, 0.25) is 16.6 Å². The van der Waals surface area contributed by atoms with Gasteiger partial charge in [-0.25, -0.2) is 0 Å². The van der Waals surface area contributed by atoms with Crippen LogP contribution in [0, 0.1) is 0 Å². The highest BCUT2D eigenvalue weighted by atomic mass is 28.4. The number of aliphatic hydroxyl groups excluding tert-OH is 1. The Kier molecular flexibility index (Phi) is 8.99. The average Bonchev–Trinajstić information content (AvgIpc) is 2.52. The summed E-state index contributed by atoms with van der Waals surface area (Å²) in [6, 6.07) is 0. The first-order valence-corrected chi connectivity index (χ1v) is 12.0. The molecule has 0 aromatic heterocycles. The Hall–Kier alpha value is -0.693. The van der Waals surface area contributed by atoms with Gasteiger partial charge in [-0.3, -0.25) is 4.79 Å². The number of carbonyl (C=O) groups excluding carboxylic acids is 1. The van der Waals surface area contributed by atoms with Crippen LogP contribution in [0.15, 0.2) is 12.2 Å². The lowest BCUT2D eigenvalue weighted by Gasteiger charge is -2.43. The van der Waals surface area contributed by atoms with Crippen LogP contribution < -0.4 is 0 Å². The van der Waals surface area contributed by atoms with E-state index in [-0.39, 0.29) is 5.91 Å². The molecule has 1 aliphatic heterocycles. The van der Waals surface area contributed by atoms with E-state index < -0.39 is 26.6 Å². The topological polar surface area (TPSA) is 59.0 Å². The van der Waals surface area contributed by atoms with Crippen molar-refractivity contribution in [2.45, 2.75) is 89.3 Å². The van der Waals surface area contributed by atoms with Gasteiger partial charge >= 0.3 is 0 Å². The number of aliphatic hydroxyl groups is 1. The van der Waals surface area contributed by atoms with Gasteiger partial charge in [0.05, 0.1) is 12.7 Å². The molecule has 1 N–H and O–H groups in total. The minimum Gasteiger partial charge on any atom is -0.413 e. The molecule has 0 saturated carbocycles. The standard InChI is InChI=1S/C20H39NO4Si/c1-14(2)26(15(3)4,16(5)6)24-13-19-17(22)11-9-10-12-18(25-19)20(23)21(7)8/h9-10,14-19,22H,11-13H2,1-8H3/b10-9-/t17-,18+,19-/m0/s1. The highest BCUT2D eigenvalue weighted by Gasteiger charge is 2.46. The molecule has 5 nitrogen and oxygen atoms in total. The molecule has 1 aliphatic rings. The first-order valence-electron chi connectivity index (χ1n) is 9.87. The van der Waals surface area contributed by atoms with Gasteiger partial charge in [-0.1, -0.05) is 53.7 Å². The molecule has 6 heteroatoms. The minimum atomic E-state index is -2.05. The third-order valence-electron chi connectivity index (χ3n) is 5.58. The zero-order valence-corrected chi connectivity index (χ0v) is 18.9. The predicted octanol–water partition coefficient (Wildman–Crippen LogP) is 3.73. The van der Waals surface area contributed by atoms with Crippen molar-refractivity contribution in [2.75, 3.05) is 20.7 Å². The molecule has 0 saturated heterocycles. The van der Waals surface area contributed by atoms with E-state index in [1.807, 2.05) is 12.2 Å². The molecule has 0 aromatic carbocycles. The molecule has 0 fully saturated rings. The molecule has 1 heterocycles. The summed E-state index contributed by atoms with van der Waals surface area (Å²) < 4.78 is 12.7. The smallest absolute Gasteiger partial charge is 0.251 e. The van der Waals surface area contributed by atoms with Crippen LogP contribution in [-0.2, 0) is 14.0 Å². The Bertz CT molecular complexity index is 455. The molecule has 0 spiro atoms. The van der Waals surface area contributed by atoms with Gasteiger partial charge in [-0.2, -0.15) is 0 Å². The summed E-state index contributed by atoms with van der Waals surface area (Å²) in [5, 5.41) is 10.6. The summed E-state index contributed by atoms with van der Waals surface area (Å²) >= 11 is 0. The van der Waals surface area contributed by atoms with E-state index in [4.69, 9.17) is 9.16 Å². The Morgan fingerprint density at radius 2 is 1.62 bits per heavy atom. The van der Waals surface area contributed by atoms with Crippen molar-refractivity contribution < 1.29 is 19.1 Å². The monoisotopic (exact) mass is 385 g/mol. The number of ether oxygens (including phenoxy) is 1. The molecular weight excluding hydrogens is 346 g/mol. The van der Waals surface area contributed by atoms with E-state index in [0.29, 0.717) is 36.1 Å². The lowest BCUT2D eigenvalue weighted by Crippen LogP contribution is -2.51. The van der Waals surface area contributed by atoms with Gasteiger partial charge in [0.25, 0.3) is 5.91 Å². The van der Waals surface area contributed by atoms with E-state index in [1.165, 1.54) is 0 Å². The number of hydrogen-bond donors (Lipinski definition) is 1. The SMILES string of the molecule is CC(C)[Si](OC[C@@H]1O[C@@H](C(=O)N(C)C)C/C=C\C[C@@H]1O)(C(C)C)C(C)C. The van der Waals surface area contributed by atoms with Crippen LogP contribution in [0.1, 0.15) is 54.4 Å². The average molecular weight is 386 g/mol. The molecule has 26 heavy (non-hydrogen) atoms. The van der Waals surface area contributed by atoms with Crippen molar-refractivity contribution in [1.82, 2.24) is 4.90 Å². The van der Waals surface area contributed by atoms with Gasteiger partial charge in [0.2, 0.25) is 0 Å². The van der Waals surface area contributed by atoms with Gasteiger partial charge in [0, 0.05) is 20.5 Å². The molecule has 3 atom stereocenters. The molecule has 0 unspecified atom stereocenters. The molecule has 152 valence electrons. The van der Waals surface area contributed by atoms with Crippen LogP contribution in [0.3, 0.4) is 0 Å². The highest BCUT2D eigenvalue weighted by molar-refractivity contribution is 6.77. The summed E-state index contributed by atoms with van der Waals surface area (Å²) in [5.41, 5.74) is 1.40. The van der Waals surface area contributed by atoms with Crippen molar-refractivity contribution in [3.63, 3.8) is 0 Å². The van der Waals surface area contributed by atoms with Crippen molar-refractivity contribution in [1.29, 1.82) is 0 Å². The first kappa shape index (κ1) is 23.3. The fourth-order valence-electron chi connectivity index (χ4n) is 4.29. The summed E-state index contributed by atoms with van der Waals surface area (Å²) in [4.78, 5) is 13.9. The van der Waals surface area contributed by atoms with Crippen molar-refractivity contribution in [2.24, 2.45) is 0 Å². The van der Waals surface area contributed by atoms with Crippen molar-refractivity contribution in [3.8, 4) is 0 Å². The lowest BCUT2D eigenvalue weighted by molar-refractivity contribution is -0.153. The number of likely N-dealkylation sites (N-methyl/N-ethyl adjacent to an activating group) is 1. The summed E-state index contributed by atoms with van der Waals surface area (Å²) in [5.74, 6) is -0.0752. The minimum absolute atomic E-state index is 0.0752. The van der Waals surface area contributed by atoms with Gasteiger partial charge in [0.15, 0.2) is 8.32 Å². The van der Waals surface area contributed by atoms with E-state index in [2.05, 4.69) is 41.5 Å². The second-order valence-corrected chi connectivity index (χ2v) is 14.0. The third-order valence-corrected chi connectivity index (χ3v) is 11.7. The predicted molar refractivity (Wildman–Crippen MR) is 109 cm³/mol. The first-order chi connectivity index (χ1) is 12.0. The number of hydrogen-bond acceptors (Lipinski definition) is 4. The van der Waals surface area contributed by atoms with Crippen molar-refractivity contribution >= 4 is 14.2 Å². The summed E-state index contributed by atoms with van der Waals surface area (Å²) in [6.45, 7) is 13.8. The lowest BCUT2D eigenvalue weighted by atomic mass is 10.1. The van der Waals surface area contributed by atoms with Crippen LogP contribution in [0.5, 0.6) is 0 Å². The molecule has 0 bridgehead atoms. The van der Waals surface area contributed by atoms with Gasteiger partial charge in [-0.05, 0) is 23.0 Å². The number of rotatable bonds is 7. The Morgan fingerprint density at radius 1 is 1.12 bits per heavy atom. The Labute approximate surface area is 160 Å². The van der Waals surface area contributed by atoms with Crippen LogP contribution in [0.4, 0.5) is 0 Å². The maximum Gasteiger partial charge on any atom is 0.251 e. The summed E-state index contributed by atoms with van der Waals surface area (Å²) in [6.07, 6.45) is 3.19. The van der Waals surface area contributed by atoms with Crippen LogP contribution in [0.25, 0.3) is 0 Å². The third kappa shape index (κ3) is 5.41. The second kappa shape index (κ2) is 10.0. The maximum absolute atomic E-state index is 12.4. The highest BCUT2D eigenvalue weighted by Crippen LogP contribution is 2.42. The van der Waals surface area contributed by atoms with E-state index in [9.17, 15) is 9.90 Å². The maximum atomic E-state index is 12.4. The van der Waals surface area contributed by atoms with E-state index in [1.54, 1.807) is 19.0 Å². The number of nitrogens with zero attached hydrogens (tertiary/aromatic N) is 1. The second-order valence-electron chi connectivity index (χ2n) is 8.53. The Morgan fingerprint density at radius 3 is 2.08 bits per heavy atom. The molecule has 0 radical (unpaired) electrons. The normalized spacial score (nSPS) is 26.1. The van der Waals surface area contributed by atoms with Crippen LogP contribution in [-0.4, -0.2) is 63.2 Å². The molecule has 1 rings (SSSR count). The number of amides is 1. The van der Waals surface area contributed by atoms with Gasteiger partial charge < -0.3 is 19.2 Å². The summed E-state index contributed by atoms with van der Waals surface area (Å²) in [7, 11) is 1.41. The quantitative estimate of drug-likeness (QED) is 0.536. The molecule has 1 amide bonds. The largest absolute Gasteiger partial charge is 0.413 e. The fourth-order valence-corrected chi connectivity index (χ4v) is 9.74. The zero-order valence-electron chi connectivity index (χ0n) is 17.9. The zero-order chi connectivity index (χ0) is 20.1. The molecule has 0 aromatic rings. The number of carbonyl (C=O) groups is 1. The van der Waals surface area contributed by atoms with Crippen molar-refractivity contribution in [3.05, 3.63) is 12.2 Å². The molecular formula is C20H39NO4Si. The Balaban J connectivity index is 2.98. The van der Waals surface area contributed by atoms with Gasteiger partial charge in [-0.15, -0.1) is 0 Å². The van der Waals surface area contributed by atoms with Crippen LogP contribution >= 0.6 is 0 Å². The fraction of sp³-hybridized carbons (Fsp3) is 0.850. The van der Waals surface area contributed by atoms with E-state index >= 15 is 0 Å². The van der Waals surface area contributed by atoms with Gasteiger partial charge in [0.1, 0.15) is 12.2 Å². The van der Waals surface area contributed by atoms with E-state index in [0.717, 1.165) is 0 Å².